The summed E-state index contributed by atoms with van der Waals surface area (Å²) in [4.78, 5) is 15.4. The molecule has 1 aromatic rings. The van der Waals surface area contributed by atoms with Crippen LogP contribution in [0.2, 0.25) is 5.02 Å². The van der Waals surface area contributed by atoms with E-state index in [1.807, 2.05) is 25.1 Å². The van der Waals surface area contributed by atoms with Gasteiger partial charge in [0.2, 0.25) is 0 Å². The van der Waals surface area contributed by atoms with Gasteiger partial charge in [-0.1, -0.05) is 36.7 Å². The zero-order valence-electron chi connectivity index (χ0n) is 13.7. The lowest BCUT2D eigenvalue weighted by molar-refractivity contribution is -0.139. The summed E-state index contributed by atoms with van der Waals surface area (Å²) in [5.41, 5.74) is 1.17. The van der Waals surface area contributed by atoms with Gasteiger partial charge in [0.15, 0.2) is 0 Å². The van der Waals surface area contributed by atoms with Crippen molar-refractivity contribution in [3.63, 3.8) is 0 Å². The van der Waals surface area contributed by atoms with Gasteiger partial charge in [-0.05, 0) is 37.9 Å². The van der Waals surface area contributed by atoms with Crippen molar-refractivity contribution in [1.82, 2.24) is 9.80 Å². The van der Waals surface area contributed by atoms with E-state index in [1.54, 1.807) is 0 Å². The molecule has 0 amide bonds. The summed E-state index contributed by atoms with van der Waals surface area (Å²) >= 11 is 6.30. The molecule has 0 aromatic heterocycles. The Balaban J connectivity index is 0.00000264. The van der Waals surface area contributed by atoms with E-state index in [2.05, 4.69) is 22.8 Å². The molecule has 0 aliphatic carbocycles. The molecule has 6 heteroatoms. The number of piperidine rings is 1. The standard InChI is InChI=1S/C17H25ClN2O2.ClH/c1-3-19(12-17(21)22)14-8-10-20(11-9-14)13(2)15-6-4-5-7-16(15)18;/h4-7,13-14H,3,8-12H2,1-2H3,(H,21,22);1H. The second kappa shape index (κ2) is 9.48. The normalized spacial score (nSPS) is 17.7. The van der Waals surface area contributed by atoms with Gasteiger partial charge in [0.05, 0.1) is 6.54 Å². The van der Waals surface area contributed by atoms with Gasteiger partial charge < -0.3 is 5.11 Å². The number of carboxylic acids is 1. The van der Waals surface area contributed by atoms with Crippen LogP contribution in [0.4, 0.5) is 0 Å². The summed E-state index contributed by atoms with van der Waals surface area (Å²) in [5.74, 6) is -0.742. The molecule has 23 heavy (non-hydrogen) atoms. The molecule has 1 atom stereocenters. The number of rotatable bonds is 6. The number of likely N-dealkylation sites (tertiary alicyclic amines) is 1. The van der Waals surface area contributed by atoms with E-state index < -0.39 is 5.97 Å². The largest absolute Gasteiger partial charge is 0.480 e. The van der Waals surface area contributed by atoms with Crippen LogP contribution in [0.5, 0.6) is 0 Å². The van der Waals surface area contributed by atoms with Gasteiger partial charge in [0.1, 0.15) is 0 Å². The molecule has 1 fully saturated rings. The molecule has 1 saturated heterocycles. The molecule has 0 radical (unpaired) electrons. The quantitative estimate of drug-likeness (QED) is 0.839. The minimum Gasteiger partial charge on any atom is -0.480 e. The maximum Gasteiger partial charge on any atom is 0.317 e. The molecule has 1 N–H and O–H groups in total. The molecule has 2 rings (SSSR count). The van der Waals surface area contributed by atoms with Crippen LogP contribution in [-0.2, 0) is 4.79 Å². The topological polar surface area (TPSA) is 43.8 Å². The lowest BCUT2D eigenvalue weighted by Crippen LogP contribution is -2.47. The first kappa shape index (κ1) is 20.2. The van der Waals surface area contributed by atoms with Crippen LogP contribution in [-0.4, -0.2) is 53.1 Å². The maximum atomic E-state index is 10.9. The first-order chi connectivity index (χ1) is 10.5. The molecule has 130 valence electrons. The average Bonchev–Trinajstić information content (AvgIpc) is 2.52. The minimum absolute atomic E-state index is 0. The highest BCUT2D eigenvalue weighted by molar-refractivity contribution is 6.31. The van der Waals surface area contributed by atoms with E-state index in [9.17, 15) is 4.79 Å². The predicted octanol–water partition coefficient (Wildman–Crippen LogP) is 3.69. The average molecular weight is 361 g/mol. The van der Waals surface area contributed by atoms with Gasteiger partial charge in [0, 0.05) is 30.2 Å². The number of aliphatic carboxylic acids is 1. The zero-order valence-corrected chi connectivity index (χ0v) is 15.3. The lowest BCUT2D eigenvalue weighted by Gasteiger charge is -2.40. The van der Waals surface area contributed by atoms with Gasteiger partial charge >= 0.3 is 5.97 Å². The van der Waals surface area contributed by atoms with Crippen molar-refractivity contribution in [2.75, 3.05) is 26.2 Å². The van der Waals surface area contributed by atoms with Gasteiger partial charge in [-0.25, -0.2) is 0 Å². The number of carbonyl (C=O) groups is 1. The second-order valence-corrected chi connectivity index (χ2v) is 6.33. The van der Waals surface area contributed by atoms with E-state index in [1.165, 1.54) is 5.56 Å². The number of nitrogens with zero attached hydrogens (tertiary/aromatic N) is 2. The summed E-state index contributed by atoms with van der Waals surface area (Å²) in [6.07, 6.45) is 2.02. The van der Waals surface area contributed by atoms with Crippen LogP contribution in [0.3, 0.4) is 0 Å². The van der Waals surface area contributed by atoms with Gasteiger partial charge in [-0.2, -0.15) is 0 Å². The Morgan fingerprint density at radius 3 is 2.52 bits per heavy atom. The van der Waals surface area contributed by atoms with Gasteiger partial charge in [-0.3, -0.25) is 14.6 Å². The molecular formula is C17H26Cl2N2O2. The van der Waals surface area contributed by atoms with Crippen LogP contribution in [0, 0.1) is 0 Å². The Labute approximate surface area is 149 Å². The van der Waals surface area contributed by atoms with Crippen molar-refractivity contribution in [3.8, 4) is 0 Å². The van der Waals surface area contributed by atoms with Gasteiger partial charge in [-0.15, -0.1) is 12.4 Å². The lowest BCUT2D eigenvalue weighted by atomic mass is 9.99. The molecular weight excluding hydrogens is 335 g/mol. The molecule has 0 bridgehead atoms. The van der Waals surface area contributed by atoms with E-state index >= 15 is 0 Å². The van der Waals surface area contributed by atoms with Crippen molar-refractivity contribution < 1.29 is 9.90 Å². The molecule has 0 spiro atoms. The minimum atomic E-state index is -0.742. The number of hydrogen-bond acceptors (Lipinski definition) is 3. The Bertz CT molecular complexity index is 505. The van der Waals surface area contributed by atoms with Crippen molar-refractivity contribution >= 4 is 30.0 Å². The summed E-state index contributed by atoms with van der Waals surface area (Å²) in [6.45, 7) is 7.11. The van der Waals surface area contributed by atoms with E-state index in [4.69, 9.17) is 16.7 Å². The number of halogens is 2. The van der Waals surface area contributed by atoms with Crippen molar-refractivity contribution in [1.29, 1.82) is 0 Å². The highest BCUT2D eigenvalue weighted by Crippen LogP contribution is 2.30. The van der Waals surface area contributed by atoms with Gasteiger partial charge in [0.25, 0.3) is 0 Å². The molecule has 1 aromatic carbocycles. The van der Waals surface area contributed by atoms with Crippen LogP contribution >= 0.6 is 24.0 Å². The first-order valence-electron chi connectivity index (χ1n) is 7.97. The predicted molar refractivity (Wildman–Crippen MR) is 96.6 cm³/mol. The first-order valence-corrected chi connectivity index (χ1v) is 8.35. The van der Waals surface area contributed by atoms with Crippen molar-refractivity contribution in [3.05, 3.63) is 34.9 Å². The SMILES string of the molecule is CCN(CC(=O)O)C1CCN(C(C)c2ccccc2Cl)CC1.Cl. The summed E-state index contributed by atoms with van der Waals surface area (Å²) in [7, 11) is 0. The number of carboxylic acid groups (broad SMARTS) is 1. The fraction of sp³-hybridized carbons (Fsp3) is 0.588. The van der Waals surface area contributed by atoms with Crippen LogP contribution < -0.4 is 0 Å². The van der Waals surface area contributed by atoms with E-state index in [0.717, 1.165) is 37.5 Å². The smallest absolute Gasteiger partial charge is 0.317 e. The highest BCUT2D eigenvalue weighted by Gasteiger charge is 2.28. The molecule has 0 saturated carbocycles. The van der Waals surface area contributed by atoms with E-state index in [-0.39, 0.29) is 19.0 Å². The molecule has 1 heterocycles. The van der Waals surface area contributed by atoms with E-state index in [0.29, 0.717) is 12.1 Å². The Hall–Kier alpha value is -0.810. The monoisotopic (exact) mass is 360 g/mol. The fourth-order valence-corrected chi connectivity index (χ4v) is 3.62. The van der Waals surface area contributed by atoms with Crippen molar-refractivity contribution in [2.45, 2.75) is 38.8 Å². The van der Waals surface area contributed by atoms with Crippen molar-refractivity contribution in [2.24, 2.45) is 0 Å². The third kappa shape index (κ3) is 5.35. The number of benzene rings is 1. The van der Waals surface area contributed by atoms with Crippen LogP contribution in [0.1, 0.15) is 38.3 Å². The van der Waals surface area contributed by atoms with Crippen LogP contribution in [0.25, 0.3) is 0 Å². The maximum absolute atomic E-state index is 10.9. The number of hydrogen-bond donors (Lipinski definition) is 1. The summed E-state index contributed by atoms with van der Waals surface area (Å²) in [6, 6.07) is 8.67. The fourth-order valence-electron chi connectivity index (χ4n) is 3.32. The van der Waals surface area contributed by atoms with Crippen LogP contribution in [0.15, 0.2) is 24.3 Å². The zero-order chi connectivity index (χ0) is 16.1. The number of likely N-dealkylation sites (N-methyl/N-ethyl adjacent to an activating group) is 1. The molecule has 4 nitrogen and oxygen atoms in total. The Morgan fingerprint density at radius 2 is 2.00 bits per heavy atom. The second-order valence-electron chi connectivity index (χ2n) is 5.92. The highest BCUT2D eigenvalue weighted by atomic mass is 35.5. The third-order valence-corrected chi connectivity index (χ3v) is 5.01. The molecule has 1 aliphatic heterocycles. The summed E-state index contributed by atoms with van der Waals surface area (Å²) < 4.78 is 0. The Morgan fingerprint density at radius 1 is 1.39 bits per heavy atom. The third-order valence-electron chi connectivity index (χ3n) is 4.66. The Kier molecular flexibility index (Phi) is 8.34. The summed E-state index contributed by atoms with van der Waals surface area (Å²) in [5, 5.41) is 9.82. The molecule has 1 aliphatic rings. The molecule has 1 unspecified atom stereocenters.